The first-order chi connectivity index (χ1) is 16.8. The third-order valence-corrected chi connectivity index (χ3v) is 4.88. The Labute approximate surface area is 200 Å². The van der Waals surface area contributed by atoms with Crippen LogP contribution in [-0.2, 0) is 16.2 Å². The van der Waals surface area contributed by atoms with Crippen molar-refractivity contribution in [3.8, 4) is 11.5 Å². The number of halogens is 1. The first-order valence-electron chi connectivity index (χ1n) is 10.4. The van der Waals surface area contributed by atoms with Crippen molar-refractivity contribution >= 4 is 29.1 Å². The highest BCUT2D eigenvalue weighted by Gasteiger charge is 2.14. The third kappa shape index (κ3) is 6.64. The Bertz CT molecular complexity index is 1280. The van der Waals surface area contributed by atoms with Crippen molar-refractivity contribution in [2.24, 2.45) is 10.8 Å². The summed E-state index contributed by atoms with van der Waals surface area (Å²) in [6.07, 6.45) is 0. The van der Waals surface area contributed by atoms with E-state index in [4.69, 9.17) is 15.2 Å². The molecule has 0 spiro atoms. The number of amides is 3. The summed E-state index contributed by atoms with van der Waals surface area (Å²) in [5, 5.41) is 6.35. The minimum absolute atomic E-state index is 0.0197. The predicted octanol–water partition coefficient (Wildman–Crippen LogP) is 2.99. The standard InChI is InChI=1S/C25H23FN4O5/c1-15(29-30-25(33)24(32)28-19-10-7-16(8-11-19)23(27)31)17-9-12-21(22(13-17)34-2)35-14-18-5-3-4-6-20(18)26/h3-13H,14H2,1-2H3,(H2,27,31)(H,28,32)(H,30,33). The number of carbonyl (C=O) groups is 3. The van der Waals surface area contributed by atoms with Crippen molar-refractivity contribution in [1.82, 2.24) is 5.43 Å². The molecule has 0 radical (unpaired) electrons. The number of nitrogens with two attached hydrogens (primary N) is 1. The minimum Gasteiger partial charge on any atom is -0.493 e. The lowest BCUT2D eigenvalue weighted by Gasteiger charge is -2.13. The van der Waals surface area contributed by atoms with Crippen molar-refractivity contribution in [2.45, 2.75) is 13.5 Å². The Morgan fingerprint density at radius 3 is 2.29 bits per heavy atom. The number of carbonyl (C=O) groups excluding carboxylic acids is 3. The normalized spacial score (nSPS) is 10.9. The number of nitrogens with one attached hydrogen (secondary N) is 2. The van der Waals surface area contributed by atoms with Crippen LogP contribution < -0.4 is 25.9 Å². The van der Waals surface area contributed by atoms with Gasteiger partial charge in [-0.2, -0.15) is 5.10 Å². The van der Waals surface area contributed by atoms with Crippen LogP contribution in [0.3, 0.4) is 0 Å². The molecule has 0 unspecified atom stereocenters. The molecule has 9 nitrogen and oxygen atoms in total. The summed E-state index contributed by atoms with van der Waals surface area (Å²) in [4.78, 5) is 35.3. The van der Waals surface area contributed by atoms with Gasteiger partial charge in [0.05, 0.1) is 12.8 Å². The topological polar surface area (TPSA) is 132 Å². The number of hydrogen-bond donors (Lipinski definition) is 3. The summed E-state index contributed by atoms with van der Waals surface area (Å²) in [6.45, 7) is 1.65. The Kier molecular flexibility index (Phi) is 8.12. The maximum Gasteiger partial charge on any atom is 0.329 e. The second-order valence-electron chi connectivity index (χ2n) is 7.28. The van der Waals surface area contributed by atoms with Crippen LogP contribution in [0.2, 0.25) is 0 Å². The van der Waals surface area contributed by atoms with Crippen molar-refractivity contribution in [3.05, 3.63) is 89.2 Å². The highest BCUT2D eigenvalue weighted by Crippen LogP contribution is 2.29. The first-order valence-corrected chi connectivity index (χ1v) is 10.4. The molecule has 0 bridgehead atoms. The zero-order valence-corrected chi connectivity index (χ0v) is 19.0. The molecule has 0 aliphatic rings. The summed E-state index contributed by atoms with van der Waals surface area (Å²) in [7, 11) is 1.46. The second kappa shape index (κ2) is 11.4. The maximum atomic E-state index is 13.8. The zero-order chi connectivity index (χ0) is 25.4. The number of nitrogens with zero attached hydrogens (tertiary/aromatic N) is 1. The molecule has 10 heteroatoms. The van der Waals surface area contributed by atoms with Gasteiger partial charge in [0.2, 0.25) is 5.91 Å². The molecule has 0 saturated heterocycles. The number of methoxy groups -OCH3 is 1. The molecule has 0 aliphatic heterocycles. The molecule has 0 fully saturated rings. The highest BCUT2D eigenvalue weighted by molar-refractivity contribution is 6.39. The number of hydrazone groups is 1. The number of anilines is 1. The van der Waals surface area contributed by atoms with Crippen LogP contribution >= 0.6 is 0 Å². The molecule has 3 amide bonds. The molecule has 0 saturated carbocycles. The Morgan fingerprint density at radius 2 is 1.63 bits per heavy atom. The van der Waals surface area contributed by atoms with Crippen LogP contribution in [0.4, 0.5) is 10.1 Å². The van der Waals surface area contributed by atoms with Gasteiger partial charge in [-0.15, -0.1) is 0 Å². The van der Waals surface area contributed by atoms with E-state index >= 15 is 0 Å². The van der Waals surface area contributed by atoms with E-state index in [1.54, 1.807) is 43.3 Å². The van der Waals surface area contributed by atoms with Gasteiger partial charge in [0.1, 0.15) is 12.4 Å². The first kappa shape index (κ1) is 24.9. The van der Waals surface area contributed by atoms with E-state index in [0.717, 1.165) is 0 Å². The van der Waals surface area contributed by atoms with Crippen LogP contribution in [0.25, 0.3) is 0 Å². The number of ether oxygens (including phenoxy) is 2. The average Bonchev–Trinajstić information content (AvgIpc) is 2.86. The van der Waals surface area contributed by atoms with Gasteiger partial charge in [0.25, 0.3) is 0 Å². The number of primary amides is 1. The highest BCUT2D eigenvalue weighted by atomic mass is 19.1. The number of rotatable bonds is 8. The Hall–Kier alpha value is -4.73. The summed E-state index contributed by atoms with van der Waals surface area (Å²) in [6, 6.07) is 17.0. The van der Waals surface area contributed by atoms with Crippen LogP contribution in [0.15, 0.2) is 71.8 Å². The van der Waals surface area contributed by atoms with Gasteiger partial charge in [-0.25, -0.2) is 9.82 Å². The minimum atomic E-state index is -0.986. The lowest BCUT2D eigenvalue weighted by atomic mass is 10.1. The summed E-state index contributed by atoms with van der Waals surface area (Å²) < 4.78 is 24.8. The summed E-state index contributed by atoms with van der Waals surface area (Å²) in [5.41, 5.74) is 9.34. The molecular weight excluding hydrogens is 455 g/mol. The number of benzene rings is 3. The van der Waals surface area contributed by atoms with Gasteiger partial charge >= 0.3 is 11.8 Å². The van der Waals surface area contributed by atoms with Gasteiger partial charge in [-0.05, 0) is 55.5 Å². The molecular formula is C25H23FN4O5. The maximum absolute atomic E-state index is 13.8. The van der Waals surface area contributed by atoms with Crippen LogP contribution in [0, 0.1) is 5.82 Å². The van der Waals surface area contributed by atoms with E-state index in [1.807, 2.05) is 0 Å². The molecule has 0 atom stereocenters. The van der Waals surface area contributed by atoms with Crippen LogP contribution in [-0.4, -0.2) is 30.5 Å². The van der Waals surface area contributed by atoms with E-state index < -0.39 is 17.7 Å². The lowest BCUT2D eigenvalue weighted by Crippen LogP contribution is -2.33. The largest absolute Gasteiger partial charge is 0.493 e. The quantitative estimate of drug-likeness (QED) is 0.260. The van der Waals surface area contributed by atoms with Gasteiger partial charge in [-0.3, -0.25) is 14.4 Å². The number of hydrogen-bond acceptors (Lipinski definition) is 6. The van der Waals surface area contributed by atoms with Gasteiger partial charge in [0.15, 0.2) is 11.5 Å². The van der Waals surface area contributed by atoms with Crippen molar-refractivity contribution in [3.63, 3.8) is 0 Å². The zero-order valence-electron chi connectivity index (χ0n) is 19.0. The molecule has 0 heterocycles. The van der Waals surface area contributed by atoms with Gasteiger partial charge in [0, 0.05) is 22.4 Å². The molecule has 0 aliphatic carbocycles. The molecule has 0 aromatic heterocycles. The lowest BCUT2D eigenvalue weighted by molar-refractivity contribution is -0.136. The van der Waals surface area contributed by atoms with E-state index in [9.17, 15) is 18.8 Å². The van der Waals surface area contributed by atoms with E-state index in [-0.39, 0.29) is 18.0 Å². The monoisotopic (exact) mass is 478 g/mol. The van der Waals surface area contributed by atoms with Crippen molar-refractivity contribution in [2.75, 3.05) is 12.4 Å². The summed E-state index contributed by atoms with van der Waals surface area (Å²) in [5.74, 6) is -2.11. The van der Waals surface area contributed by atoms with Crippen LogP contribution in [0.5, 0.6) is 11.5 Å². The van der Waals surface area contributed by atoms with Crippen molar-refractivity contribution in [1.29, 1.82) is 0 Å². The fourth-order valence-electron chi connectivity index (χ4n) is 2.94. The molecule has 3 aromatic rings. The molecule has 3 rings (SSSR count). The van der Waals surface area contributed by atoms with Gasteiger partial charge in [-0.1, -0.05) is 18.2 Å². The predicted molar refractivity (Wildman–Crippen MR) is 128 cm³/mol. The SMILES string of the molecule is COc1cc(C(C)=NNC(=O)C(=O)Nc2ccc(C(N)=O)cc2)ccc1OCc1ccccc1F. The van der Waals surface area contributed by atoms with E-state index in [2.05, 4.69) is 15.8 Å². The fraction of sp³-hybridized carbons (Fsp3) is 0.120. The molecule has 4 N–H and O–H groups in total. The Morgan fingerprint density at radius 1 is 0.943 bits per heavy atom. The summed E-state index contributed by atoms with van der Waals surface area (Å²) >= 11 is 0. The third-order valence-electron chi connectivity index (χ3n) is 4.88. The van der Waals surface area contributed by atoms with E-state index in [1.165, 1.54) is 37.4 Å². The van der Waals surface area contributed by atoms with Crippen molar-refractivity contribution < 1.29 is 28.2 Å². The average molecular weight is 478 g/mol. The molecule has 180 valence electrons. The fourth-order valence-corrected chi connectivity index (χ4v) is 2.94. The molecule has 3 aromatic carbocycles. The molecule has 35 heavy (non-hydrogen) atoms. The Balaban J connectivity index is 1.61. The van der Waals surface area contributed by atoms with Gasteiger partial charge < -0.3 is 20.5 Å². The van der Waals surface area contributed by atoms with E-state index in [0.29, 0.717) is 34.0 Å². The second-order valence-corrected chi connectivity index (χ2v) is 7.28. The smallest absolute Gasteiger partial charge is 0.329 e. The van der Waals surface area contributed by atoms with Crippen LogP contribution in [0.1, 0.15) is 28.4 Å².